The first-order chi connectivity index (χ1) is 9.98. The molecule has 2 rings (SSSR count). The molecule has 1 aromatic rings. The zero-order valence-electron chi connectivity index (χ0n) is 12.2. The van der Waals surface area contributed by atoms with Crippen LogP contribution in [0, 0.1) is 11.7 Å². The maximum absolute atomic E-state index is 13.9. The van der Waals surface area contributed by atoms with Crippen molar-refractivity contribution >= 4 is 21.6 Å². The SMILES string of the molecule is CCCC1CCN(S(=O)(=O)c2cc(CCl)ccc2F)CC1. The Morgan fingerprint density at radius 3 is 2.57 bits per heavy atom. The Balaban J connectivity index is 2.19. The largest absolute Gasteiger partial charge is 0.245 e. The van der Waals surface area contributed by atoms with Crippen molar-refractivity contribution in [1.29, 1.82) is 0 Å². The van der Waals surface area contributed by atoms with Crippen LogP contribution in [0.1, 0.15) is 38.2 Å². The maximum atomic E-state index is 13.9. The van der Waals surface area contributed by atoms with Gasteiger partial charge in [-0.2, -0.15) is 4.31 Å². The predicted octanol–water partition coefficient (Wildman–Crippen LogP) is 3.77. The first-order valence-electron chi connectivity index (χ1n) is 7.33. The molecule has 1 fully saturated rings. The molecule has 118 valence electrons. The third kappa shape index (κ3) is 3.76. The molecule has 0 N–H and O–H groups in total. The number of piperidine rings is 1. The normalized spacial score (nSPS) is 18.0. The van der Waals surface area contributed by atoms with Gasteiger partial charge in [0.15, 0.2) is 0 Å². The third-order valence-corrected chi connectivity index (χ3v) is 6.26. The molecular formula is C15H21ClFNO2S. The lowest BCUT2D eigenvalue weighted by Gasteiger charge is -2.31. The molecular weight excluding hydrogens is 313 g/mol. The van der Waals surface area contributed by atoms with Crippen molar-refractivity contribution in [3.05, 3.63) is 29.6 Å². The minimum atomic E-state index is -3.76. The average Bonchev–Trinajstić information content (AvgIpc) is 2.48. The fourth-order valence-corrected chi connectivity index (χ4v) is 4.56. The Labute approximate surface area is 131 Å². The monoisotopic (exact) mass is 333 g/mol. The van der Waals surface area contributed by atoms with Crippen molar-refractivity contribution in [2.75, 3.05) is 13.1 Å². The summed E-state index contributed by atoms with van der Waals surface area (Å²) in [6.07, 6.45) is 3.95. The molecule has 1 saturated heterocycles. The molecule has 1 aliphatic heterocycles. The molecule has 0 aliphatic carbocycles. The summed E-state index contributed by atoms with van der Waals surface area (Å²) in [5.74, 6) is 0.0430. The van der Waals surface area contributed by atoms with E-state index in [1.165, 1.54) is 22.5 Å². The van der Waals surface area contributed by atoms with Gasteiger partial charge < -0.3 is 0 Å². The fraction of sp³-hybridized carbons (Fsp3) is 0.600. The molecule has 1 heterocycles. The lowest BCUT2D eigenvalue weighted by molar-refractivity contribution is 0.262. The second kappa shape index (κ2) is 7.07. The lowest BCUT2D eigenvalue weighted by Crippen LogP contribution is -2.38. The van der Waals surface area contributed by atoms with Crippen molar-refractivity contribution in [3.63, 3.8) is 0 Å². The molecule has 6 heteroatoms. The van der Waals surface area contributed by atoms with Gasteiger partial charge in [-0.15, -0.1) is 11.6 Å². The molecule has 0 aromatic heterocycles. The highest BCUT2D eigenvalue weighted by Gasteiger charge is 2.31. The lowest BCUT2D eigenvalue weighted by atomic mass is 9.94. The van der Waals surface area contributed by atoms with E-state index in [0.29, 0.717) is 24.6 Å². The van der Waals surface area contributed by atoms with Crippen LogP contribution in [0.15, 0.2) is 23.1 Å². The maximum Gasteiger partial charge on any atom is 0.245 e. The molecule has 0 spiro atoms. The number of alkyl halides is 1. The van der Waals surface area contributed by atoms with Gasteiger partial charge in [0.05, 0.1) is 0 Å². The summed E-state index contributed by atoms with van der Waals surface area (Å²) in [7, 11) is -3.76. The summed E-state index contributed by atoms with van der Waals surface area (Å²) in [5.41, 5.74) is 0.609. The first kappa shape index (κ1) is 16.7. The van der Waals surface area contributed by atoms with Gasteiger partial charge in [-0.25, -0.2) is 12.8 Å². The number of nitrogens with zero attached hydrogens (tertiary/aromatic N) is 1. The van der Waals surface area contributed by atoms with Crippen LogP contribution in [0.4, 0.5) is 4.39 Å². The van der Waals surface area contributed by atoms with E-state index in [4.69, 9.17) is 11.6 Å². The Morgan fingerprint density at radius 2 is 2.00 bits per heavy atom. The Morgan fingerprint density at radius 1 is 1.33 bits per heavy atom. The number of rotatable bonds is 5. The van der Waals surface area contributed by atoms with E-state index < -0.39 is 15.8 Å². The van der Waals surface area contributed by atoms with E-state index in [9.17, 15) is 12.8 Å². The van der Waals surface area contributed by atoms with Gasteiger partial charge in [0.2, 0.25) is 10.0 Å². The Bertz CT molecular complexity index is 583. The predicted molar refractivity (Wildman–Crippen MR) is 82.3 cm³/mol. The Hall–Kier alpha value is -0.650. The van der Waals surface area contributed by atoms with Crippen LogP contribution >= 0.6 is 11.6 Å². The van der Waals surface area contributed by atoms with Crippen LogP contribution in [0.25, 0.3) is 0 Å². The van der Waals surface area contributed by atoms with Crippen molar-refractivity contribution in [2.45, 2.75) is 43.4 Å². The van der Waals surface area contributed by atoms with Gasteiger partial charge >= 0.3 is 0 Å². The van der Waals surface area contributed by atoms with Gasteiger partial charge in [0, 0.05) is 19.0 Å². The third-order valence-electron chi connectivity index (χ3n) is 4.04. The standard InChI is InChI=1S/C15H21ClFNO2S/c1-2-3-12-6-8-18(9-7-12)21(19,20)15-10-13(11-16)4-5-14(15)17/h4-5,10,12H,2-3,6-9,11H2,1H3. The van der Waals surface area contributed by atoms with Crippen LogP contribution in [-0.2, 0) is 15.9 Å². The molecule has 1 aliphatic rings. The number of benzene rings is 1. The minimum absolute atomic E-state index is 0.168. The number of halogens is 2. The van der Waals surface area contributed by atoms with Gasteiger partial charge in [0.1, 0.15) is 10.7 Å². The molecule has 0 unspecified atom stereocenters. The molecule has 3 nitrogen and oxygen atoms in total. The topological polar surface area (TPSA) is 37.4 Å². The van der Waals surface area contributed by atoms with Gasteiger partial charge in [-0.05, 0) is 36.5 Å². The van der Waals surface area contributed by atoms with Gasteiger partial charge in [0.25, 0.3) is 0 Å². The molecule has 0 radical (unpaired) electrons. The van der Waals surface area contributed by atoms with Crippen molar-refractivity contribution in [1.82, 2.24) is 4.31 Å². The van der Waals surface area contributed by atoms with E-state index >= 15 is 0 Å². The van der Waals surface area contributed by atoms with Crippen molar-refractivity contribution in [3.8, 4) is 0 Å². The van der Waals surface area contributed by atoms with Crippen molar-refractivity contribution in [2.24, 2.45) is 5.92 Å². The van der Waals surface area contributed by atoms with Gasteiger partial charge in [-0.1, -0.05) is 25.8 Å². The van der Waals surface area contributed by atoms with Crippen LogP contribution in [0.5, 0.6) is 0 Å². The summed E-state index contributed by atoms with van der Waals surface area (Å²) in [6, 6.07) is 4.03. The zero-order chi connectivity index (χ0) is 15.5. The summed E-state index contributed by atoms with van der Waals surface area (Å²) in [4.78, 5) is -0.255. The molecule has 21 heavy (non-hydrogen) atoms. The second-order valence-electron chi connectivity index (χ2n) is 5.53. The Kier molecular flexibility index (Phi) is 5.63. The second-order valence-corrected chi connectivity index (χ2v) is 7.71. The number of hydrogen-bond donors (Lipinski definition) is 0. The van der Waals surface area contributed by atoms with E-state index in [1.807, 2.05) is 0 Å². The summed E-state index contributed by atoms with van der Waals surface area (Å²) in [5, 5.41) is 0. The summed E-state index contributed by atoms with van der Waals surface area (Å²) < 4.78 is 40.5. The minimum Gasteiger partial charge on any atom is -0.207 e. The zero-order valence-corrected chi connectivity index (χ0v) is 13.8. The van der Waals surface area contributed by atoms with Crippen LogP contribution in [0.3, 0.4) is 0 Å². The number of hydrogen-bond acceptors (Lipinski definition) is 2. The van der Waals surface area contributed by atoms with E-state index in [0.717, 1.165) is 25.7 Å². The first-order valence-corrected chi connectivity index (χ1v) is 9.31. The quantitative estimate of drug-likeness (QED) is 0.769. The van der Waals surface area contributed by atoms with Crippen LogP contribution < -0.4 is 0 Å². The van der Waals surface area contributed by atoms with E-state index in [-0.39, 0.29) is 10.8 Å². The molecule has 0 saturated carbocycles. The highest BCUT2D eigenvalue weighted by molar-refractivity contribution is 7.89. The fourth-order valence-electron chi connectivity index (χ4n) is 2.81. The highest BCUT2D eigenvalue weighted by atomic mass is 35.5. The van der Waals surface area contributed by atoms with Crippen LogP contribution in [-0.4, -0.2) is 25.8 Å². The molecule has 0 bridgehead atoms. The molecule has 0 amide bonds. The molecule has 1 aromatic carbocycles. The van der Waals surface area contributed by atoms with Crippen molar-refractivity contribution < 1.29 is 12.8 Å². The number of sulfonamides is 1. The smallest absolute Gasteiger partial charge is 0.207 e. The van der Waals surface area contributed by atoms with Gasteiger partial charge in [-0.3, -0.25) is 0 Å². The van der Waals surface area contributed by atoms with E-state index in [1.54, 1.807) is 0 Å². The summed E-state index contributed by atoms with van der Waals surface area (Å²) >= 11 is 5.71. The highest BCUT2D eigenvalue weighted by Crippen LogP contribution is 2.28. The summed E-state index contributed by atoms with van der Waals surface area (Å²) in [6.45, 7) is 3.07. The average molecular weight is 334 g/mol. The van der Waals surface area contributed by atoms with E-state index in [2.05, 4.69) is 6.92 Å². The van der Waals surface area contributed by atoms with Crippen LogP contribution in [0.2, 0.25) is 0 Å². The molecule has 0 atom stereocenters.